The standard InChI is InChI=1S/C20H23N7O/c1-2-20(28)7-3-13(4-8-20)24-19-22-12-15-14(11-21-18(15)26-19)16-6-10-27-17(25-16)5-9-23-27/h5-6,9-13,28H,2-4,7-8H2,1H3,(H2,21,22,24,26)/t13-,20+. The molecule has 8 heteroatoms. The number of nitrogens with one attached hydrogen (secondary N) is 2. The molecular formula is C20H23N7O. The lowest BCUT2D eigenvalue weighted by Gasteiger charge is -2.35. The fourth-order valence-electron chi connectivity index (χ4n) is 3.99. The molecule has 0 saturated heterocycles. The first-order valence-corrected chi connectivity index (χ1v) is 9.77. The van der Waals surface area contributed by atoms with Gasteiger partial charge in [-0.05, 0) is 38.2 Å². The number of aromatic nitrogens is 6. The fraction of sp³-hybridized carbons (Fsp3) is 0.400. The lowest BCUT2D eigenvalue weighted by atomic mass is 9.80. The van der Waals surface area contributed by atoms with Crippen LogP contribution in [0.3, 0.4) is 0 Å². The number of anilines is 1. The summed E-state index contributed by atoms with van der Waals surface area (Å²) >= 11 is 0. The highest BCUT2D eigenvalue weighted by molar-refractivity contribution is 5.92. The summed E-state index contributed by atoms with van der Waals surface area (Å²) < 4.78 is 1.74. The maximum Gasteiger partial charge on any atom is 0.224 e. The van der Waals surface area contributed by atoms with Crippen LogP contribution in [-0.4, -0.2) is 46.3 Å². The molecule has 1 fully saturated rings. The molecule has 1 aliphatic rings. The molecule has 0 aliphatic heterocycles. The minimum atomic E-state index is -0.499. The zero-order valence-electron chi connectivity index (χ0n) is 15.8. The second-order valence-electron chi connectivity index (χ2n) is 7.60. The van der Waals surface area contributed by atoms with E-state index in [-0.39, 0.29) is 0 Å². The van der Waals surface area contributed by atoms with Crippen LogP contribution in [0.5, 0.6) is 0 Å². The van der Waals surface area contributed by atoms with E-state index in [4.69, 9.17) is 0 Å². The van der Waals surface area contributed by atoms with Crippen LogP contribution >= 0.6 is 0 Å². The molecule has 1 saturated carbocycles. The first-order valence-electron chi connectivity index (χ1n) is 9.77. The van der Waals surface area contributed by atoms with Gasteiger partial charge in [-0.15, -0.1) is 0 Å². The normalized spacial score (nSPS) is 22.7. The van der Waals surface area contributed by atoms with E-state index in [9.17, 15) is 5.11 Å². The van der Waals surface area contributed by atoms with Crippen LogP contribution in [-0.2, 0) is 0 Å². The number of hydrogen-bond acceptors (Lipinski definition) is 6. The van der Waals surface area contributed by atoms with Crippen molar-refractivity contribution in [1.82, 2.24) is 29.5 Å². The maximum absolute atomic E-state index is 10.4. The smallest absolute Gasteiger partial charge is 0.224 e. The SMILES string of the molecule is CC[C@]1(O)CC[C@@H](Nc2ncc3c(-c4ccn5nccc5n4)c[nH]c3n2)CC1. The number of aliphatic hydroxyl groups is 1. The van der Waals surface area contributed by atoms with Crippen LogP contribution in [0.4, 0.5) is 5.95 Å². The molecule has 0 atom stereocenters. The molecule has 8 nitrogen and oxygen atoms in total. The van der Waals surface area contributed by atoms with Gasteiger partial charge in [0.15, 0.2) is 5.65 Å². The van der Waals surface area contributed by atoms with Crippen LogP contribution < -0.4 is 5.32 Å². The summed E-state index contributed by atoms with van der Waals surface area (Å²) in [7, 11) is 0. The van der Waals surface area contributed by atoms with Crippen molar-refractivity contribution in [2.75, 3.05) is 5.32 Å². The Bertz CT molecular complexity index is 1120. The van der Waals surface area contributed by atoms with E-state index in [0.29, 0.717) is 12.0 Å². The molecule has 4 aromatic rings. The van der Waals surface area contributed by atoms with Crippen LogP contribution in [0.15, 0.2) is 36.9 Å². The maximum atomic E-state index is 10.4. The number of nitrogens with zero attached hydrogens (tertiary/aromatic N) is 5. The summed E-state index contributed by atoms with van der Waals surface area (Å²) in [6, 6.07) is 4.11. The summed E-state index contributed by atoms with van der Waals surface area (Å²) in [4.78, 5) is 17.0. The van der Waals surface area contributed by atoms with Gasteiger partial charge in [0.25, 0.3) is 0 Å². The topological polar surface area (TPSA) is 104 Å². The number of aromatic amines is 1. The minimum absolute atomic E-state index is 0.296. The Hall–Kier alpha value is -3.00. The van der Waals surface area contributed by atoms with Gasteiger partial charge in [-0.2, -0.15) is 10.1 Å². The summed E-state index contributed by atoms with van der Waals surface area (Å²) in [5.74, 6) is 0.618. The van der Waals surface area contributed by atoms with E-state index < -0.39 is 5.60 Å². The molecule has 0 bridgehead atoms. The summed E-state index contributed by atoms with van der Waals surface area (Å²) in [5, 5.41) is 18.9. The van der Waals surface area contributed by atoms with Gasteiger partial charge in [-0.25, -0.2) is 14.5 Å². The van der Waals surface area contributed by atoms with Gasteiger partial charge in [0, 0.05) is 41.6 Å². The van der Waals surface area contributed by atoms with Crippen molar-refractivity contribution in [3.8, 4) is 11.3 Å². The van der Waals surface area contributed by atoms with Crippen molar-refractivity contribution in [2.45, 2.75) is 50.7 Å². The zero-order chi connectivity index (χ0) is 19.1. The van der Waals surface area contributed by atoms with Gasteiger partial charge < -0.3 is 15.4 Å². The fourth-order valence-corrected chi connectivity index (χ4v) is 3.99. The summed E-state index contributed by atoms with van der Waals surface area (Å²) in [6.07, 6.45) is 11.7. The van der Waals surface area contributed by atoms with E-state index in [2.05, 4.69) is 30.4 Å². The van der Waals surface area contributed by atoms with Gasteiger partial charge >= 0.3 is 0 Å². The van der Waals surface area contributed by atoms with Crippen LogP contribution in [0, 0.1) is 0 Å². The number of H-pyrrole nitrogens is 1. The molecule has 4 aromatic heterocycles. The predicted octanol–water partition coefficient (Wildman–Crippen LogP) is 3.16. The Morgan fingerprint density at radius 2 is 2.14 bits per heavy atom. The van der Waals surface area contributed by atoms with E-state index >= 15 is 0 Å². The van der Waals surface area contributed by atoms with E-state index in [0.717, 1.165) is 60.0 Å². The Morgan fingerprint density at radius 1 is 1.29 bits per heavy atom. The second-order valence-corrected chi connectivity index (χ2v) is 7.60. The minimum Gasteiger partial charge on any atom is -0.390 e. The number of rotatable bonds is 4. The second kappa shape index (κ2) is 6.56. The molecule has 28 heavy (non-hydrogen) atoms. The van der Waals surface area contributed by atoms with Crippen molar-refractivity contribution < 1.29 is 5.11 Å². The van der Waals surface area contributed by atoms with Crippen molar-refractivity contribution in [2.24, 2.45) is 0 Å². The molecule has 144 valence electrons. The Balaban J connectivity index is 1.38. The third-order valence-corrected chi connectivity index (χ3v) is 5.87. The zero-order valence-corrected chi connectivity index (χ0v) is 15.8. The predicted molar refractivity (Wildman–Crippen MR) is 107 cm³/mol. The molecule has 3 N–H and O–H groups in total. The van der Waals surface area contributed by atoms with Gasteiger partial charge in [-0.1, -0.05) is 6.92 Å². The van der Waals surface area contributed by atoms with E-state index in [1.807, 2.05) is 37.6 Å². The highest BCUT2D eigenvalue weighted by Gasteiger charge is 2.31. The Morgan fingerprint density at radius 3 is 2.96 bits per heavy atom. The summed E-state index contributed by atoms with van der Waals surface area (Å²) in [5.41, 5.74) is 2.91. The molecule has 0 spiro atoms. The summed E-state index contributed by atoms with van der Waals surface area (Å²) in [6.45, 7) is 2.05. The van der Waals surface area contributed by atoms with Crippen molar-refractivity contribution >= 4 is 22.6 Å². The Labute approximate surface area is 162 Å². The lowest BCUT2D eigenvalue weighted by molar-refractivity contribution is -0.00197. The first-order chi connectivity index (χ1) is 13.6. The quantitative estimate of drug-likeness (QED) is 0.505. The van der Waals surface area contributed by atoms with Crippen molar-refractivity contribution in [3.05, 3.63) is 36.9 Å². The van der Waals surface area contributed by atoms with Gasteiger partial charge in [-0.3, -0.25) is 0 Å². The average molecular weight is 377 g/mol. The largest absolute Gasteiger partial charge is 0.390 e. The van der Waals surface area contributed by atoms with Crippen molar-refractivity contribution in [1.29, 1.82) is 0 Å². The molecule has 0 unspecified atom stereocenters. The van der Waals surface area contributed by atoms with Crippen LogP contribution in [0.2, 0.25) is 0 Å². The highest BCUT2D eigenvalue weighted by Crippen LogP contribution is 2.32. The highest BCUT2D eigenvalue weighted by atomic mass is 16.3. The molecule has 0 radical (unpaired) electrons. The molecule has 0 aromatic carbocycles. The molecular weight excluding hydrogens is 354 g/mol. The van der Waals surface area contributed by atoms with E-state index in [1.54, 1.807) is 10.7 Å². The van der Waals surface area contributed by atoms with Crippen LogP contribution in [0.25, 0.3) is 27.9 Å². The third kappa shape index (κ3) is 2.99. The number of hydrogen-bond donors (Lipinski definition) is 3. The first kappa shape index (κ1) is 17.1. The molecule has 5 rings (SSSR count). The van der Waals surface area contributed by atoms with Gasteiger partial charge in [0.2, 0.25) is 5.95 Å². The number of fused-ring (bicyclic) bond motifs is 2. The van der Waals surface area contributed by atoms with Crippen molar-refractivity contribution in [3.63, 3.8) is 0 Å². The van der Waals surface area contributed by atoms with Crippen LogP contribution in [0.1, 0.15) is 39.0 Å². The monoisotopic (exact) mass is 377 g/mol. The molecule has 0 amide bonds. The van der Waals surface area contributed by atoms with Gasteiger partial charge in [0.05, 0.1) is 17.5 Å². The average Bonchev–Trinajstić information content (AvgIpc) is 3.35. The van der Waals surface area contributed by atoms with Gasteiger partial charge in [0.1, 0.15) is 5.65 Å². The van der Waals surface area contributed by atoms with E-state index in [1.165, 1.54) is 0 Å². The Kier molecular flexibility index (Phi) is 4.01. The molecule has 1 aliphatic carbocycles. The lowest BCUT2D eigenvalue weighted by Crippen LogP contribution is -2.38. The molecule has 4 heterocycles. The third-order valence-electron chi connectivity index (χ3n) is 5.87.